The quantitative estimate of drug-likeness (QED) is 0.0956. The van der Waals surface area contributed by atoms with Crippen molar-refractivity contribution < 1.29 is 4.79 Å². The number of nitrogens with zero attached hydrogens (tertiary/aromatic N) is 2. The molecule has 4 nitrogen and oxygen atoms in total. The van der Waals surface area contributed by atoms with E-state index in [1.54, 1.807) is 25.2 Å². The Morgan fingerprint density at radius 2 is 1.39 bits per heavy atom. The third-order valence-corrected chi connectivity index (χ3v) is 12.5. The van der Waals surface area contributed by atoms with E-state index in [1.807, 2.05) is 53.5 Å². The molecule has 1 saturated heterocycles. The Kier molecular flexibility index (Phi) is 20.1. The van der Waals surface area contributed by atoms with E-state index in [9.17, 15) is 4.79 Å². The molecule has 0 atom stereocenters. The molecule has 2 rings (SSSR count). The van der Waals surface area contributed by atoms with Gasteiger partial charge in [0.15, 0.2) is 0 Å². The van der Waals surface area contributed by atoms with E-state index in [0.29, 0.717) is 26.5 Å². The maximum atomic E-state index is 12.9. The Morgan fingerprint density at radius 3 is 1.73 bits per heavy atom. The maximum Gasteiger partial charge on any atom is -0.0623 e. The van der Waals surface area contributed by atoms with Crippen molar-refractivity contribution in [2.45, 2.75) is 81.6 Å². The molecule has 1 aromatic rings. The van der Waals surface area contributed by atoms with Crippen LogP contribution in [0.15, 0.2) is 70.3 Å². The fourth-order valence-electron chi connectivity index (χ4n) is 3.76. The van der Waals surface area contributed by atoms with E-state index >= 15 is 0 Å². The van der Waals surface area contributed by atoms with Crippen molar-refractivity contribution >= 4 is 54.9 Å². The van der Waals surface area contributed by atoms with Crippen LogP contribution in [0.4, 0.5) is 0 Å². The first kappa shape index (κ1) is 39.8. The summed E-state index contributed by atoms with van der Waals surface area (Å²) in [5.41, 5.74) is 1.30. The minimum Gasteiger partial charge on any atom is -0.0623 e. The number of hydrogen-bond acceptors (Lipinski definition) is 3. The molecule has 0 saturated carbocycles. The summed E-state index contributed by atoms with van der Waals surface area (Å²) in [6, 6.07) is 12.0. The second kappa shape index (κ2) is 20.7. The average Bonchev–Trinajstić information content (AvgIpc) is 2.91. The van der Waals surface area contributed by atoms with E-state index in [0.717, 1.165) is 28.5 Å². The van der Waals surface area contributed by atoms with Gasteiger partial charge in [0.2, 0.25) is 0 Å². The topological polar surface area (TPSA) is 47.4 Å². The summed E-state index contributed by atoms with van der Waals surface area (Å²) in [7, 11) is 1.86. The molecule has 1 heterocycles. The predicted octanol–water partition coefficient (Wildman–Crippen LogP) is 10.4. The van der Waals surface area contributed by atoms with E-state index in [4.69, 9.17) is 28.6 Å². The summed E-state index contributed by atoms with van der Waals surface area (Å²) in [5.74, 6) is -0.227. The van der Waals surface area contributed by atoms with Crippen LogP contribution in [-0.4, -0.2) is 55.2 Å². The predicted molar refractivity (Wildman–Crippen MR) is 193 cm³/mol. The molecule has 0 spiro atoms. The first-order chi connectivity index (χ1) is 19.0. The monoisotopic (exact) mass is 719 g/mol. The molecule has 1 fully saturated rings. The van der Waals surface area contributed by atoms with Crippen LogP contribution < -0.4 is 0 Å². The van der Waals surface area contributed by atoms with Gasteiger partial charge in [-0.1, -0.05) is 70.5 Å². The van der Waals surface area contributed by atoms with Crippen molar-refractivity contribution in [2.75, 3.05) is 35.5 Å². The van der Waals surface area contributed by atoms with Gasteiger partial charge in [-0.05, 0) is 11.8 Å². The first-order valence-corrected chi connectivity index (χ1v) is 19.4. The Morgan fingerprint density at radius 1 is 0.927 bits per heavy atom. The van der Waals surface area contributed by atoms with E-state index in [-0.39, 0.29) is 11.6 Å². The zero-order valence-corrected chi connectivity index (χ0v) is 31.0. The molecule has 0 radical (unpaired) electrons. The van der Waals surface area contributed by atoms with Crippen LogP contribution in [0.5, 0.6) is 0 Å². The summed E-state index contributed by atoms with van der Waals surface area (Å²) < 4.78 is 4.04. The van der Waals surface area contributed by atoms with Crippen LogP contribution >= 0.6 is 43.3 Å². The molecular formula is C34H56Cl2IN3O. The first-order valence-electron chi connectivity index (χ1n) is 14.6. The van der Waals surface area contributed by atoms with E-state index in [1.165, 1.54) is 19.3 Å². The van der Waals surface area contributed by atoms with Crippen molar-refractivity contribution in [3.8, 4) is 0 Å². The minimum absolute atomic E-state index is 0.0463. The number of allylic oxidation sites excluding steroid dienone is 5. The van der Waals surface area contributed by atoms with Crippen LogP contribution in [0.25, 0.3) is 0 Å². The third-order valence-electron chi connectivity index (χ3n) is 6.15. The van der Waals surface area contributed by atoms with Gasteiger partial charge in [0.05, 0.1) is 0 Å². The number of rotatable bonds is 8. The van der Waals surface area contributed by atoms with Crippen molar-refractivity contribution in [2.24, 2.45) is 10.8 Å². The van der Waals surface area contributed by atoms with Gasteiger partial charge in [0.25, 0.3) is 0 Å². The summed E-state index contributed by atoms with van der Waals surface area (Å²) >= 11 is 10.5. The third kappa shape index (κ3) is 20.4. The fourth-order valence-corrected chi connectivity index (χ4v) is 9.33. The van der Waals surface area contributed by atoms with Crippen molar-refractivity contribution in [3.63, 3.8) is 0 Å². The van der Waals surface area contributed by atoms with E-state index < -0.39 is 20.1 Å². The van der Waals surface area contributed by atoms with Crippen molar-refractivity contribution in [1.82, 2.24) is 8.01 Å². The smallest absolute Gasteiger partial charge is 0.0623 e. The molecule has 1 aliphatic rings. The summed E-state index contributed by atoms with van der Waals surface area (Å²) in [4.78, 5) is 15.4. The number of carbonyl (C=O) groups is 1. The Bertz CT molecular complexity index is 953. The number of amides is 1. The largest absolute Gasteiger partial charge is 0.0623 e. The fraction of sp³-hybridized carbons (Fsp3) is 0.588. The van der Waals surface area contributed by atoms with Gasteiger partial charge in [-0.2, -0.15) is 0 Å². The zero-order valence-electron chi connectivity index (χ0n) is 27.3. The van der Waals surface area contributed by atoms with Gasteiger partial charge >= 0.3 is 189 Å². The molecule has 1 N–H and O–H groups in total. The van der Waals surface area contributed by atoms with Gasteiger partial charge in [-0.15, -0.1) is 0 Å². The zero-order chi connectivity index (χ0) is 31.6. The second-order valence-corrected chi connectivity index (χ2v) is 19.7. The number of carbonyl (C=O) groups excluding carboxylic acids is 1. The number of hydrogen-bond donors (Lipinski definition) is 1. The molecule has 1 amide bonds. The molecule has 7 heteroatoms. The van der Waals surface area contributed by atoms with Crippen molar-refractivity contribution in [1.29, 1.82) is 5.41 Å². The van der Waals surface area contributed by atoms with Crippen LogP contribution in [0.1, 0.15) is 81.6 Å². The van der Waals surface area contributed by atoms with E-state index in [2.05, 4.69) is 53.4 Å². The van der Waals surface area contributed by atoms with Gasteiger partial charge < -0.3 is 0 Å². The Balaban J connectivity index is 0.00000100. The second-order valence-electron chi connectivity index (χ2n) is 12.6. The molecule has 1 aliphatic heterocycles. The van der Waals surface area contributed by atoms with Crippen LogP contribution in [0, 0.1) is 16.2 Å². The number of alkyl halides is 2. The number of halogens is 3. The van der Waals surface area contributed by atoms with Crippen LogP contribution in [0.2, 0.25) is 0 Å². The molecule has 0 bridgehead atoms. The standard InChI is InChI=1S/C21H34Cl2IN3O.C7H16.C6H6/c1-7-18(23)15-17(14-16(2)22)19(25)20(28)26(6)24-9-12-27(13-10-24)11-8-21(3,4)5;1-5-6-7(2,3)4;1-2-4-6-5-3-1/h7,14-15,25H,8-13H2,1-6H3;5-6H2,1-4H3;1-6H/b16-14+,17-15+,18-7+,25-19?;;. The Labute approximate surface area is 269 Å². The van der Waals surface area contributed by atoms with Crippen molar-refractivity contribution in [3.05, 3.63) is 70.3 Å². The van der Waals surface area contributed by atoms with Crippen LogP contribution in [0.3, 0.4) is 0 Å². The number of benzene rings is 1. The summed E-state index contributed by atoms with van der Waals surface area (Å²) in [6.45, 7) is 22.6. The molecule has 0 aromatic heterocycles. The molecule has 234 valence electrons. The molecule has 0 aliphatic carbocycles. The van der Waals surface area contributed by atoms with Crippen LogP contribution in [-0.2, 0) is 4.79 Å². The van der Waals surface area contributed by atoms with Gasteiger partial charge in [0, 0.05) is 0 Å². The van der Waals surface area contributed by atoms with Gasteiger partial charge in [-0.3, -0.25) is 0 Å². The molecule has 41 heavy (non-hydrogen) atoms. The van der Waals surface area contributed by atoms with Gasteiger partial charge in [0.1, 0.15) is 0 Å². The molecule has 0 unspecified atom stereocenters. The Hall–Kier alpha value is -1.15. The number of nitrogens with one attached hydrogen (secondary N) is 1. The van der Waals surface area contributed by atoms with Gasteiger partial charge in [-0.25, -0.2) is 0 Å². The minimum atomic E-state index is -1.58. The molecular weight excluding hydrogens is 664 g/mol. The normalized spacial score (nSPS) is 16.2. The maximum absolute atomic E-state index is 12.9. The molecule has 1 aromatic carbocycles. The average molecular weight is 721 g/mol. The summed E-state index contributed by atoms with van der Waals surface area (Å²) in [6.07, 6.45) is 8.81. The SMILES string of the molecule is CCCC(C)(C)C.C\C=C(Cl)/C=C(\C=C(/C)Cl)C(=N)C(=O)N(C)I1CCN(CCC(C)(C)C)CC1.c1ccccc1. The summed E-state index contributed by atoms with van der Waals surface area (Å²) in [5, 5.41) is 9.40.